The number of guanidine groups is 1. The lowest BCUT2D eigenvalue weighted by Crippen LogP contribution is -2.52. The molecule has 1 aliphatic rings. The van der Waals surface area contributed by atoms with Crippen molar-refractivity contribution >= 4 is 5.96 Å². The van der Waals surface area contributed by atoms with Crippen LogP contribution in [0.1, 0.15) is 56.7 Å². The van der Waals surface area contributed by atoms with Crippen LogP contribution in [0.2, 0.25) is 0 Å². The van der Waals surface area contributed by atoms with E-state index in [1.807, 2.05) is 6.07 Å². The highest BCUT2D eigenvalue weighted by molar-refractivity contribution is 5.80. The molecule has 0 aromatic carbocycles. The molecule has 3 heterocycles. The zero-order chi connectivity index (χ0) is 19.8. The van der Waals surface area contributed by atoms with Crippen LogP contribution in [0.3, 0.4) is 0 Å². The van der Waals surface area contributed by atoms with Gasteiger partial charge in [-0.2, -0.15) is 0 Å². The van der Waals surface area contributed by atoms with Crippen LogP contribution in [-0.4, -0.2) is 58.8 Å². The van der Waals surface area contributed by atoms with E-state index in [4.69, 9.17) is 14.0 Å². The van der Waals surface area contributed by atoms with Crippen molar-refractivity contribution in [3.8, 4) is 0 Å². The third-order valence-electron chi connectivity index (χ3n) is 5.25. The van der Waals surface area contributed by atoms with Gasteiger partial charge in [-0.1, -0.05) is 24.2 Å². The molecule has 0 unspecified atom stereocenters. The molecule has 2 aromatic heterocycles. The molecule has 0 radical (unpaired) electrons. The van der Waals surface area contributed by atoms with Gasteiger partial charge in [-0.05, 0) is 19.8 Å². The second-order valence-corrected chi connectivity index (χ2v) is 7.16. The Bertz CT molecular complexity index is 715. The van der Waals surface area contributed by atoms with E-state index >= 15 is 0 Å². The summed E-state index contributed by atoms with van der Waals surface area (Å²) < 4.78 is 10.4. The molecule has 1 saturated heterocycles. The van der Waals surface area contributed by atoms with E-state index in [1.54, 1.807) is 6.26 Å². The van der Waals surface area contributed by atoms with Crippen molar-refractivity contribution in [2.24, 2.45) is 4.99 Å². The van der Waals surface area contributed by atoms with Crippen molar-refractivity contribution in [2.75, 3.05) is 32.7 Å². The van der Waals surface area contributed by atoms with Gasteiger partial charge in [0.1, 0.15) is 12.8 Å². The summed E-state index contributed by atoms with van der Waals surface area (Å²) in [6.45, 7) is 12.4. The average molecular weight is 389 g/mol. The molecule has 0 spiro atoms. The van der Waals surface area contributed by atoms with Crippen LogP contribution in [0.5, 0.6) is 0 Å². The zero-order valence-corrected chi connectivity index (χ0v) is 17.2. The van der Waals surface area contributed by atoms with Crippen molar-refractivity contribution in [1.82, 2.24) is 25.4 Å². The van der Waals surface area contributed by atoms with Crippen molar-refractivity contribution in [2.45, 2.75) is 52.6 Å². The maximum atomic E-state index is 5.51. The van der Waals surface area contributed by atoms with Crippen molar-refractivity contribution in [1.29, 1.82) is 0 Å². The first kappa shape index (κ1) is 20.4. The minimum Gasteiger partial charge on any atom is -0.364 e. The Balaban J connectivity index is 1.56. The van der Waals surface area contributed by atoms with E-state index in [2.05, 4.69) is 52.3 Å². The van der Waals surface area contributed by atoms with E-state index in [-0.39, 0.29) is 0 Å². The summed E-state index contributed by atoms with van der Waals surface area (Å²) in [5.74, 6) is 2.22. The number of hydrogen-bond acceptors (Lipinski definition) is 6. The first-order chi connectivity index (χ1) is 13.7. The molecule has 0 amide bonds. The van der Waals surface area contributed by atoms with E-state index in [1.165, 1.54) is 0 Å². The summed E-state index contributed by atoms with van der Waals surface area (Å²) in [5.41, 5.74) is 2.02. The van der Waals surface area contributed by atoms with Crippen LogP contribution in [0.4, 0.5) is 0 Å². The standard InChI is InChI=1S/C20H32N6O2/c1-4-16(5-2)19-13-18(28-24-19)14-22-20(21-6-3)26-10-8-25(9-11-26)15-17-7-12-27-23-17/h7,12-13,16H,4-6,8-11,14-15H2,1-3H3,(H,21,22). The third-order valence-corrected chi connectivity index (χ3v) is 5.25. The van der Waals surface area contributed by atoms with Gasteiger partial charge in [0, 0.05) is 57.3 Å². The number of aromatic nitrogens is 2. The molecule has 2 aromatic rings. The number of nitrogens with one attached hydrogen (secondary N) is 1. The van der Waals surface area contributed by atoms with Crippen LogP contribution in [0.25, 0.3) is 0 Å². The largest absolute Gasteiger partial charge is 0.364 e. The Morgan fingerprint density at radius 2 is 1.96 bits per heavy atom. The fourth-order valence-corrected chi connectivity index (χ4v) is 3.55. The molecule has 1 aliphatic heterocycles. The smallest absolute Gasteiger partial charge is 0.194 e. The maximum Gasteiger partial charge on any atom is 0.194 e. The normalized spacial score (nSPS) is 16.1. The lowest BCUT2D eigenvalue weighted by atomic mass is 9.99. The summed E-state index contributed by atoms with van der Waals surface area (Å²) in [5, 5.41) is 11.6. The molecule has 1 fully saturated rings. The maximum absolute atomic E-state index is 5.51. The van der Waals surface area contributed by atoms with Crippen LogP contribution in [0.15, 0.2) is 32.4 Å². The molecule has 8 heteroatoms. The highest BCUT2D eigenvalue weighted by Gasteiger charge is 2.20. The average Bonchev–Trinajstić information content (AvgIpc) is 3.39. The summed E-state index contributed by atoms with van der Waals surface area (Å²) in [6, 6.07) is 3.98. The Labute approximate surface area is 166 Å². The third kappa shape index (κ3) is 5.34. The first-order valence-electron chi connectivity index (χ1n) is 10.3. The molecule has 0 bridgehead atoms. The van der Waals surface area contributed by atoms with Crippen LogP contribution >= 0.6 is 0 Å². The fourth-order valence-electron chi connectivity index (χ4n) is 3.55. The van der Waals surface area contributed by atoms with Gasteiger partial charge in [-0.15, -0.1) is 0 Å². The van der Waals surface area contributed by atoms with Gasteiger partial charge in [0.15, 0.2) is 11.7 Å². The number of rotatable bonds is 8. The van der Waals surface area contributed by atoms with Gasteiger partial charge in [-0.25, -0.2) is 4.99 Å². The summed E-state index contributed by atoms with van der Waals surface area (Å²) in [4.78, 5) is 9.48. The van der Waals surface area contributed by atoms with Gasteiger partial charge in [0.2, 0.25) is 0 Å². The number of hydrogen-bond donors (Lipinski definition) is 1. The molecule has 1 N–H and O–H groups in total. The second kappa shape index (κ2) is 10.3. The highest BCUT2D eigenvalue weighted by Crippen LogP contribution is 2.22. The predicted molar refractivity (Wildman–Crippen MR) is 108 cm³/mol. The van der Waals surface area contributed by atoms with E-state index < -0.39 is 0 Å². The second-order valence-electron chi connectivity index (χ2n) is 7.16. The lowest BCUT2D eigenvalue weighted by Gasteiger charge is -2.36. The van der Waals surface area contributed by atoms with Crippen LogP contribution < -0.4 is 5.32 Å². The van der Waals surface area contributed by atoms with Gasteiger partial charge in [-0.3, -0.25) is 4.90 Å². The van der Waals surface area contributed by atoms with Crippen LogP contribution in [-0.2, 0) is 13.1 Å². The first-order valence-corrected chi connectivity index (χ1v) is 10.3. The lowest BCUT2D eigenvalue weighted by molar-refractivity contribution is 0.169. The molecule has 0 aliphatic carbocycles. The fraction of sp³-hybridized carbons (Fsp3) is 0.650. The number of aliphatic imine (C=N–C) groups is 1. The van der Waals surface area contributed by atoms with Gasteiger partial charge >= 0.3 is 0 Å². The Morgan fingerprint density at radius 3 is 2.61 bits per heavy atom. The quantitative estimate of drug-likeness (QED) is 0.550. The predicted octanol–water partition coefficient (Wildman–Crippen LogP) is 2.85. The SMILES string of the molecule is CCNC(=NCc1cc(C(CC)CC)no1)N1CCN(Cc2ccon2)CC1. The Hall–Kier alpha value is -2.35. The zero-order valence-electron chi connectivity index (χ0n) is 17.2. The number of piperazine rings is 1. The van der Waals surface area contributed by atoms with Gasteiger partial charge in [0.05, 0.1) is 11.4 Å². The van der Waals surface area contributed by atoms with Gasteiger partial charge in [0.25, 0.3) is 0 Å². The minimum atomic E-state index is 0.465. The number of nitrogens with zero attached hydrogens (tertiary/aromatic N) is 5. The molecule has 154 valence electrons. The van der Waals surface area contributed by atoms with Crippen molar-refractivity contribution in [3.63, 3.8) is 0 Å². The topological polar surface area (TPSA) is 82.9 Å². The molecule has 28 heavy (non-hydrogen) atoms. The molecule has 0 atom stereocenters. The Morgan fingerprint density at radius 1 is 1.18 bits per heavy atom. The summed E-state index contributed by atoms with van der Waals surface area (Å²) >= 11 is 0. The molecular formula is C20H32N6O2. The van der Waals surface area contributed by atoms with Crippen molar-refractivity contribution < 1.29 is 9.05 Å². The highest BCUT2D eigenvalue weighted by atomic mass is 16.5. The van der Waals surface area contributed by atoms with Gasteiger partial charge < -0.3 is 19.3 Å². The summed E-state index contributed by atoms with van der Waals surface area (Å²) in [7, 11) is 0. The van der Waals surface area contributed by atoms with Crippen molar-refractivity contribution in [3.05, 3.63) is 35.5 Å². The monoisotopic (exact) mass is 388 g/mol. The molecule has 0 saturated carbocycles. The summed E-state index contributed by atoms with van der Waals surface area (Å²) in [6.07, 6.45) is 3.78. The van der Waals surface area contributed by atoms with E-state index in [0.717, 1.165) is 75.2 Å². The molecule has 8 nitrogen and oxygen atoms in total. The Kier molecular flexibility index (Phi) is 7.47. The van der Waals surface area contributed by atoms with E-state index in [9.17, 15) is 0 Å². The van der Waals surface area contributed by atoms with Crippen LogP contribution in [0, 0.1) is 0 Å². The molecular weight excluding hydrogens is 356 g/mol. The minimum absolute atomic E-state index is 0.465. The van der Waals surface area contributed by atoms with E-state index in [0.29, 0.717) is 12.5 Å². The molecule has 3 rings (SSSR count).